The number of benzene rings is 1. The third kappa shape index (κ3) is 4.33. The first-order valence-corrected chi connectivity index (χ1v) is 4.04. The molecule has 6 heteroatoms. The molecule has 0 aliphatic rings. The first-order chi connectivity index (χ1) is 6.74. The molecule has 0 spiro atoms. The minimum Gasteiger partial charge on any atom is -1.00 e. The number of halogens is 1. The van der Waals surface area contributed by atoms with E-state index < -0.39 is 0 Å². The third-order valence-electron chi connectivity index (χ3n) is 1.55. The van der Waals surface area contributed by atoms with Crippen LogP contribution in [0.3, 0.4) is 0 Å². The van der Waals surface area contributed by atoms with Crippen molar-refractivity contribution in [2.75, 3.05) is 7.11 Å². The van der Waals surface area contributed by atoms with Crippen LogP contribution in [0, 0.1) is 0 Å². The highest BCUT2D eigenvalue weighted by atomic mass is 35.5. The summed E-state index contributed by atoms with van der Waals surface area (Å²) in [5.74, 6) is 0.738. The van der Waals surface area contributed by atoms with Gasteiger partial charge in [0.15, 0.2) is 0 Å². The van der Waals surface area contributed by atoms with Gasteiger partial charge in [0.25, 0.3) is 5.96 Å². The van der Waals surface area contributed by atoms with Gasteiger partial charge < -0.3 is 28.6 Å². The molecule has 0 unspecified atom stereocenters. The van der Waals surface area contributed by atoms with Crippen LogP contribution in [0.25, 0.3) is 0 Å². The molecule has 0 radical (unpaired) electrons. The Balaban J connectivity index is 0.00000196. The zero-order valence-electron chi connectivity index (χ0n) is 8.27. The molecule has 0 aliphatic carbocycles. The lowest BCUT2D eigenvalue weighted by Crippen LogP contribution is -3.00. The lowest BCUT2D eigenvalue weighted by Gasteiger charge is -1.99. The van der Waals surface area contributed by atoms with E-state index in [1.165, 1.54) is 0 Å². The van der Waals surface area contributed by atoms with Crippen LogP contribution in [0.4, 0.5) is 0 Å². The van der Waals surface area contributed by atoms with E-state index in [0.29, 0.717) is 0 Å². The fourth-order valence-corrected chi connectivity index (χ4v) is 0.962. The first kappa shape index (κ1) is 13.2. The van der Waals surface area contributed by atoms with Gasteiger partial charge in [0.2, 0.25) is 6.21 Å². The quantitative estimate of drug-likeness (QED) is 0.276. The van der Waals surface area contributed by atoms with Crippen LogP contribution in [0.15, 0.2) is 29.4 Å². The summed E-state index contributed by atoms with van der Waals surface area (Å²) in [6.07, 6.45) is 1.65. The van der Waals surface area contributed by atoms with Crippen molar-refractivity contribution in [3.63, 3.8) is 0 Å². The predicted molar refractivity (Wildman–Crippen MR) is 54.9 cm³/mol. The predicted octanol–water partition coefficient (Wildman–Crippen LogP) is -4.61. The fraction of sp³-hybridized carbons (Fsp3) is 0.111. The van der Waals surface area contributed by atoms with E-state index in [-0.39, 0.29) is 18.4 Å². The standard InChI is InChI=1S/C9H12N4O.ClH/c1-14-8-5-3-2-4-7(8)6-12-13-9(10)11;/h2-6H,1H3,(H4,10,11,13);1H/b12-6+;. The van der Waals surface area contributed by atoms with Crippen molar-refractivity contribution in [1.82, 2.24) is 0 Å². The number of hydrogen-bond donors (Lipinski definition) is 3. The zero-order chi connectivity index (χ0) is 10.4. The van der Waals surface area contributed by atoms with Crippen LogP contribution < -0.4 is 33.7 Å². The second-order valence-electron chi connectivity index (χ2n) is 2.55. The van der Waals surface area contributed by atoms with E-state index >= 15 is 0 Å². The molecule has 0 heterocycles. The Morgan fingerprint density at radius 3 is 2.67 bits per heavy atom. The summed E-state index contributed by atoms with van der Waals surface area (Å²) >= 11 is 0. The monoisotopic (exact) mass is 228 g/mol. The van der Waals surface area contributed by atoms with Crippen LogP contribution >= 0.6 is 0 Å². The van der Waals surface area contributed by atoms with E-state index in [9.17, 15) is 0 Å². The normalized spacial score (nSPS) is 9.40. The molecule has 0 atom stereocenters. The smallest absolute Gasteiger partial charge is 0.256 e. The number of methoxy groups -OCH3 is 1. The maximum atomic E-state index is 5.14. The molecule has 0 saturated carbocycles. The van der Waals surface area contributed by atoms with Gasteiger partial charge in [-0.25, -0.2) is 0 Å². The SMILES string of the molecule is COc1ccccc1/C=[NH+]/N=C(N)N.[Cl-]. The Labute approximate surface area is 94.2 Å². The molecule has 0 saturated heterocycles. The van der Waals surface area contributed by atoms with Crippen molar-refractivity contribution >= 4 is 12.2 Å². The van der Waals surface area contributed by atoms with Gasteiger partial charge in [0, 0.05) is 5.10 Å². The van der Waals surface area contributed by atoms with Crippen molar-refractivity contribution in [1.29, 1.82) is 0 Å². The van der Waals surface area contributed by atoms with Crippen molar-refractivity contribution in [2.45, 2.75) is 0 Å². The molecule has 0 bridgehead atoms. The average molecular weight is 229 g/mol. The Kier molecular flexibility index (Phi) is 5.89. The van der Waals surface area contributed by atoms with E-state index in [2.05, 4.69) is 10.2 Å². The van der Waals surface area contributed by atoms with Gasteiger partial charge in [-0.05, 0) is 12.1 Å². The van der Waals surface area contributed by atoms with Gasteiger partial charge in [-0.1, -0.05) is 12.1 Å². The molecule has 5 N–H and O–H groups in total. The fourth-order valence-electron chi connectivity index (χ4n) is 0.962. The van der Waals surface area contributed by atoms with Crippen LogP contribution in [0.1, 0.15) is 5.56 Å². The summed E-state index contributed by atoms with van der Waals surface area (Å²) in [5.41, 5.74) is 11.2. The van der Waals surface area contributed by atoms with E-state index in [1.54, 1.807) is 13.3 Å². The van der Waals surface area contributed by atoms with Crippen molar-refractivity contribution in [3.8, 4) is 5.75 Å². The van der Waals surface area contributed by atoms with Crippen LogP contribution in [-0.4, -0.2) is 19.3 Å². The summed E-state index contributed by atoms with van der Waals surface area (Å²) in [7, 11) is 1.60. The van der Waals surface area contributed by atoms with Crippen LogP contribution in [0.5, 0.6) is 5.75 Å². The number of guanidine groups is 1. The summed E-state index contributed by atoms with van der Waals surface area (Å²) in [4.78, 5) is 0. The number of nitrogens with zero attached hydrogens (tertiary/aromatic N) is 1. The van der Waals surface area contributed by atoms with Gasteiger partial charge in [0.05, 0.1) is 12.7 Å². The molecule has 0 fully saturated rings. The lowest BCUT2D eigenvalue weighted by molar-refractivity contribution is -0.456. The third-order valence-corrected chi connectivity index (χ3v) is 1.55. The molecule has 5 nitrogen and oxygen atoms in total. The number of para-hydroxylation sites is 1. The van der Waals surface area contributed by atoms with E-state index in [0.717, 1.165) is 11.3 Å². The van der Waals surface area contributed by atoms with Gasteiger partial charge in [-0.15, -0.1) is 5.10 Å². The molecule has 0 aliphatic heterocycles. The summed E-state index contributed by atoms with van der Waals surface area (Å²) < 4.78 is 5.12. The van der Waals surface area contributed by atoms with Crippen LogP contribution in [0.2, 0.25) is 0 Å². The number of ether oxygens (including phenoxy) is 1. The number of hydrogen-bond acceptors (Lipinski definition) is 2. The Morgan fingerprint density at radius 1 is 1.40 bits per heavy atom. The largest absolute Gasteiger partial charge is 1.00 e. The molecule has 0 aromatic heterocycles. The van der Waals surface area contributed by atoms with Crippen molar-refractivity contribution in [3.05, 3.63) is 29.8 Å². The van der Waals surface area contributed by atoms with Gasteiger partial charge >= 0.3 is 0 Å². The molecule has 0 amide bonds. The highest BCUT2D eigenvalue weighted by molar-refractivity contribution is 5.80. The summed E-state index contributed by atoms with van der Waals surface area (Å²) in [6.45, 7) is 0. The second kappa shape index (κ2) is 6.67. The maximum absolute atomic E-state index is 5.14. The summed E-state index contributed by atoms with van der Waals surface area (Å²) in [5, 5.41) is 6.22. The Morgan fingerprint density at radius 2 is 2.07 bits per heavy atom. The van der Waals surface area contributed by atoms with Gasteiger partial charge in [-0.2, -0.15) is 0 Å². The molecule has 1 rings (SSSR count). The van der Waals surface area contributed by atoms with Crippen molar-refractivity contribution in [2.24, 2.45) is 16.6 Å². The minimum absolute atomic E-state index is 0. The lowest BCUT2D eigenvalue weighted by atomic mass is 10.2. The Hall–Kier alpha value is -1.75. The van der Waals surface area contributed by atoms with Crippen molar-refractivity contribution < 1.29 is 22.2 Å². The molecule has 15 heavy (non-hydrogen) atoms. The van der Waals surface area contributed by atoms with E-state index in [1.807, 2.05) is 24.3 Å². The topological polar surface area (TPSA) is 87.6 Å². The molecule has 1 aromatic carbocycles. The Bertz CT molecular complexity index is 361. The minimum atomic E-state index is -0.0175. The van der Waals surface area contributed by atoms with Gasteiger partial charge in [-0.3, -0.25) is 0 Å². The highest BCUT2D eigenvalue weighted by Crippen LogP contribution is 2.13. The summed E-state index contributed by atoms with van der Waals surface area (Å²) in [6, 6.07) is 7.51. The second-order valence-corrected chi connectivity index (χ2v) is 2.55. The number of rotatable bonds is 3. The first-order valence-electron chi connectivity index (χ1n) is 4.04. The molecular weight excluding hydrogens is 216 g/mol. The van der Waals surface area contributed by atoms with E-state index in [4.69, 9.17) is 16.2 Å². The molecule has 1 aromatic rings. The number of nitrogens with two attached hydrogens (primary N) is 2. The zero-order valence-corrected chi connectivity index (χ0v) is 9.03. The van der Waals surface area contributed by atoms with Gasteiger partial charge in [0.1, 0.15) is 5.75 Å². The number of nitrogens with one attached hydrogen (secondary N) is 1. The molecular formula is C9H13ClN4O. The van der Waals surface area contributed by atoms with Crippen LogP contribution in [-0.2, 0) is 0 Å². The molecule has 82 valence electrons. The average Bonchev–Trinajstić information content (AvgIpc) is 2.18. The maximum Gasteiger partial charge on any atom is 0.256 e. The number of hydrazone groups is 1. The highest BCUT2D eigenvalue weighted by Gasteiger charge is 1.99.